The van der Waals surface area contributed by atoms with Crippen molar-refractivity contribution in [3.8, 4) is 11.1 Å². The maximum atomic E-state index is 13.0. The number of benzene rings is 2. The van der Waals surface area contributed by atoms with Crippen molar-refractivity contribution in [1.82, 2.24) is 0 Å². The molecule has 1 heterocycles. The van der Waals surface area contributed by atoms with E-state index < -0.39 is 5.97 Å². The molecule has 1 unspecified atom stereocenters. The largest absolute Gasteiger partial charge is 0.462 e. The first-order valence-electron chi connectivity index (χ1n) is 10.4. The second kappa shape index (κ2) is 10.9. The van der Waals surface area contributed by atoms with Gasteiger partial charge in [-0.1, -0.05) is 49.4 Å². The van der Waals surface area contributed by atoms with Gasteiger partial charge in [0.1, 0.15) is 10.6 Å². The SMILES string of the molecule is CCCOC(C)c1cccc(C(=O)Nc2scc(-c3ccccc3)c2C(=O)OCC)c1. The second-order valence-electron chi connectivity index (χ2n) is 7.03. The Morgan fingerprint density at radius 1 is 1.06 bits per heavy atom. The molecular formula is C25H27NO4S. The molecule has 0 fully saturated rings. The third-order valence-electron chi connectivity index (χ3n) is 4.77. The van der Waals surface area contributed by atoms with Crippen LogP contribution >= 0.6 is 11.3 Å². The summed E-state index contributed by atoms with van der Waals surface area (Å²) in [6.07, 6.45) is 0.831. The number of anilines is 1. The molecule has 1 amide bonds. The van der Waals surface area contributed by atoms with Crippen molar-refractivity contribution in [2.75, 3.05) is 18.5 Å². The lowest BCUT2D eigenvalue weighted by atomic mass is 10.0. The van der Waals surface area contributed by atoms with Crippen LogP contribution < -0.4 is 5.32 Å². The van der Waals surface area contributed by atoms with Crippen LogP contribution in [0.4, 0.5) is 5.00 Å². The molecule has 162 valence electrons. The van der Waals surface area contributed by atoms with Gasteiger partial charge in [-0.15, -0.1) is 11.3 Å². The molecule has 5 nitrogen and oxygen atoms in total. The van der Waals surface area contributed by atoms with E-state index in [1.54, 1.807) is 13.0 Å². The smallest absolute Gasteiger partial charge is 0.341 e. The molecule has 0 aliphatic heterocycles. The predicted octanol–water partition coefficient (Wildman–Crippen LogP) is 6.33. The van der Waals surface area contributed by atoms with Crippen LogP contribution in [0.5, 0.6) is 0 Å². The zero-order valence-corrected chi connectivity index (χ0v) is 18.8. The van der Waals surface area contributed by atoms with Gasteiger partial charge in [0.15, 0.2) is 0 Å². The number of thiophene rings is 1. The molecule has 1 atom stereocenters. The Bertz CT molecular complexity index is 1030. The molecule has 0 aliphatic rings. The summed E-state index contributed by atoms with van der Waals surface area (Å²) in [4.78, 5) is 25.7. The molecular weight excluding hydrogens is 410 g/mol. The van der Waals surface area contributed by atoms with Crippen molar-refractivity contribution in [1.29, 1.82) is 0 Å². The van der Waals surface area contributed by atoms with Crippen LogP contribution in [0.2, 0.25) is 0 Å². The van der Waals surface area contributed by atoms with E-state index in [0.29, 0.717) is 22.7 Å². The van der Waals surface area contributed by atoms with E-state index in [4.69, 9.17) is 9.47 Å². The highest BCUT2D eigenvalue weighted by molar-refractivity contribution is 7.15. The van der Waals surface area contributed by atoms with E-state index >= 15 is 0 Å². The van der Waals surface area contributed by atoms with E-state index in [-0.39, 0.29) is 18.6 Å². The molecule has 31 heavy (non-hydrogen) atoms. The summed E-state index contributed by atoms with van der Waals surface area (Å²) in [6.45, 7) is 6.71. The average molecular weight is 438 g/mol. The molecule has 0 saturated carbocycles. The summed E-state index contributed by atoms with van der Waals surface area (Å²) >= 11 is 1.31. The first kappa shape index (κ1) is 22.7. The fourth-order valence-electron chi connectivity index (χ4n) is 3.18. The van der Waals surface area contributed by atoms with Crippen LogP contribution in [0, 0.1) is 0 Å². The fourth-order valence-corrected chi connectivity index (χ4v) is 4.14. The van der Waals surface area contributed by atoms with E-state index in [1.807, 2.05) is 60.8 Å². The summed E-state index contributed by atoms with van der Waals surface area (Å²) in [5.74, 6) is -0.732. The van der Waals surface area contributed by atoms with Crippen molar-refractivity contribution in [2.24, 2.45) is 0 Å². The maximum Gasteiger partial charge on any atom is 0.341 e. The summed E-state index contributed by atoms with van der Waals surface area (Å²) in [7, 11) is 0. The van der Waals surface area contributed by atoms with Crippen molar-refractivity contribution < 1.29 is 19.1 Å². The van der Waals surface area contributed by atoms with Crippen LogP contribution in [-0.4, -0.2) is 25.1 Å². The lowest BCUT2D eigenvalue weighted by molar-refractivity contribution is 0.0529. The van der Waals surface area contributed by atoms with Gasteiger partial charge in [-0.05, 0) is 43.5 Å². The number of amides is 1. The summed E-state index contributed by atoms with van der Waals surface area (Å²) in [5, 5.41) is 5.25. The normalized spacial score (nSPS) is 11.7. The van der Waals surface area contributed by atoms with Gasteiger partial charge in [-0.25, -0.2) is 4.79 Å². The Balaban J connectivity index is 1.88. The van der Waals surface area contributed by atoms with Crippen molar-refractivity contribution in [2.45, 2.75) is 33.3 Å². The Hall–Kier alpha value is -2.96. The molecule has 3 aromatic rings. The number of hydrogen-bond acceptors (Lipinski definition) is 5. The van der Waals surface area contributed by atoms with Crippen molar-refractivity contribution in [3.05, 3.63) is 76.7 Å². The molecule has 0 saturated heterocycles. The molecule has 0 aliphatic carbocycles. The second-order valence-corrected chi connectivity index (χ2v) is 7.91. The van der Waals surface area contributed by atoms with E-state index in [0.717, 1.165) is 23.1 Å². The number of carbonyl (C=O) groups excluding carboxylic acids is 2. The first-order valence-corrected chi connectivity index (χ1v) is 11.3. The monoisotopic (exact) mass is 437 g/mol. The molecule has 0 bridgehead atoms. The Labute approximate surface area is 187 Å². The third kappa shape index (κ3) is 5.60. The highest BCUT2D eigenvalue weighted by Crippen LogP contribution is 2.36. The highest BCUT2D eigenvalue weighted by atomic mass is 32.1. The van der Waals surface area contributed by atoms with Crippen LogP contribution in [0.1, 0.15) is 59.6 Å². The van der Waals surface area contributed by atoms with Gasteiger partial charge in [-0.2, -0.15) is 0 Å². The van der Waals surface area contributed by atoms with Gasteiger partial charge in [0.25, 0.3) is 5.91 Å². The van der Waals surface area contributed by atoms with Crippen molar-refractivity contribution >= 4 is 28.2 Å². The van der Waals surface area contributed by atoms with Crippen LogP contribution in [0.15, 0.2) is 60.0 Å². The average Bonchev–Trinajstić information content (AvgIpc) is 3.21. The van der Waals surface area contributed by atoms with Crippen LogP contribution in [0.3, 0.4) is 0 Å². The maximum absolute atomic E-state index is 13.0. The molecule has 1 aromatic heterocycles. The topological polar surface area (TPSA) is 64.6 Å². The zero-order chi connectivity index (χ0) is 22.2. The summed E-state index contributed by atoms with van der Waals surface area (Å²) < 4.78 is 11.0. The minimum absolute atomic E-state index is 0.103. The number of ether oxygens (including phenoxy) is 2. The van der Waals surface area contributed by atoms with Gasteiger partial charge in [-0.3, -0.25) is 4.79 Å². The molecule has 0 spiro atoms. The molecule has 6 heteroatoms. The number of hydrogen-bond donors (Lipinski definition) is 1. The molecule has 0 radical (unpaired) electrons. The van der Waals surface area contributed by atoms with Gasteiger partial charge < -0.3 is 14.8 Å². The zero-order valence-electron chi connectivity index (χ0n) is 18.0. The Kier molecular flexibility index (Phi) is 7.98. The lowest BCUT2D eigenvalue weighted by Crippen LogP contribution is -2.15. The highest BCUT2D eigenvalue weighted by Gasteiger charge is 2.23. The molecule has 2 aromatic carbocycles. The minimum Gasteiger partial charge on any atom is -0.462 e. The summed E-state index contributed by atoms with van der Waals surface area (Å²) in [6, 6.07) is 17.0. The third-order valence-corrected chi connectivity index (χ3v) is 5.67. The first-order chi connectivity index (χ1) is 15.0. The van der Waals surface area contributed by atoms with E-state index in [1.165, 1.54) is 11.3 Å². The minimum atomic E-state index is -0.451. The van der Waals surface area contributed by atoms with Gasteiger partial charge in [0.05, 0.1) is 12.7 Å². The Morgan fingerprint density at radius 3 is 2.55 bits per heavy atom. The van der Waals surface area contributed by atoms with Gasteiger partial charge in [0, 0.05) is 23.1 Å². The van der Waals surface area contributed by atoms with Gasteiger partial charge >= 0.3 is 5.97 Å². The predicted molar refractivity (Wildman–Crippen MR) is 125 cm³/mol. The van der Waals surface area contributed by atoms with Gasteiger partial charge in [0.2, 0.25) is 0 Å². The van der Waals surface area contributed by atoms with E-state index in [9.17, 15) is 9.59 Å². The number of esters is 1. The van der Waals surface area contributed by atoms with Crippen LogP contribution in [-0.2, 0) is 9.47 Å². The van der Waals surface area contributed by atoms with Crippen LogP contribution in [0.25, 0.3) is 11.1 Å². The molecule has 1 N–H and O–H groups in total. The lowest BCUT2D eigenvalue weighted by Gasteiger charge is -2.14. The molecule has 3 rings (SSSR count). The number of nitrogens with one attached hydrogen (secondary N) is 1. The number of carbonyl (C=O) groups is 2. The standard InChI is InChI=1S/C25H27NO4S/c1-4-14-30-17(3)19-12-9-13-20(15-19)23(27)26-24-22(25(28)29-5-2)21(16-31-24)18-10-7-6-8-11-18/h6-13,15-17H,4-5,14H2,1-3H3,(H,26,27). The van der Waals surface area contributed by atoms with Crippen molar-refractivity contribution in [3.63, 3.8) is 0 Å². The fraction of sp³-hybridized carbons (Fsp3) is 0.280. The number of rotatable bonds is 9. The van der Waals surface area contributed by atoms with E-state index in [2.05, 4.69) is 12.2 Å². The quantitative estimate of drug-likeness (QED) is 0.397. The summed E-state index contributed by atoms with van der Waals surface area (Å²) in [5.41, 5.74) is 3.46. The Morgan fingerprint density at radius 2 is 1.84 bits per heavy atom.